The zero-order valence-corrected chi connectivity index (χ0v) is 20.2. The maximum absolute atomic E-state index is 14.3. The smallest absolute Gasteiger partial charge is 0.311 e. The highest BCUT2D eigenvalue weighted by molar-refractivity contribution is 8.02. The number of hydrogen-bond acceptors (Lipinski definition) is 6. The van der Waals surface area contributed by atoms with Crippen LogP contribution in [0.1, 0.15) is 46.0 Å². The van der Waals surface area contributed by atoms with Gasteiger partial charge in [-0.3, -0.25) is 14.4 Å². The fourth-order valence-electron chi connectivity index (χ4n) is 6.62. The van der Waals surface area contributed by atoms with Crippen LogP contribution in [0.2, 0.25) is 0 Å². The lowest BCUT2D eigenvalue weighted by atomic mass is 9.78. The first-order chi connectivity index (χ1) is 15.9. The molecule has 0 aromatic heterocycles. The van der Waals surface area contributed by atoms with Gasteiger partial charge in [0, 0.05) is 17.8 Å². The zero-order chi connectivity index (χ0) is 23.3. The van der Waals surface area contributed by atoms with E-state index in [9.17, 15) is 19.5 Å². The van der Waals surface area contributed by atoms with Crippen molar-refractivity contribution in [2.45, 2.75) is 74.1 Å². The molecule has 6 atom stereocenters. The first kappa shape index (κ1) is 23.0. The average Bonchev–Trinajstić information content (AvgIpc) is 3.09. The SMILES string of the molecule is CC(C)[C@H](CO)N1C(=O)[C@@H]2[C@@H]3C(=O)OCC=C[C@@H]3S[C@@]23C=CCN(C2CCCCC2)C(=O)C13. The Bertz CT molecular complexity index is 882. The van der Waals surface area contributed by atoms with Crippen LogP contribution in [0.15, 0.2) is 24.3 Å². The highest BCUT2D eigenvalue weighted by atomic mass is 32.2. The highest BCUT2D eigenvalue weighted by Crippen LogP contribution is 2.61. The molecule has 1 unspecified atom stereocenters. The summed E-state index contributed by atoms with van der Waals surface area (Å²) in [6, 6.07) is -1.03. The predicted molar refractivity (Wildman–Crippen MR) is 125 cm³/mol. The zero-order valence-electron chi connectivity index (χ0n) is 19.4. The summed E-state index contributed by atoms with van der Waals surface area (Å²) in [6.45, 7) is 4.44. The summed E-state index contributed by atoms with van der Waals surface area (Å²) in [5.74, 6) is -1.94. The minimum absolute atomic E-state index is 0.0280. The van der Waals surface area contributed by atoms with Crippen LogP contribution in [-0.4, -0.2) is 80.6 Å². The molecule has 1 aliphatic carbocycles. The van der Waals surface area contributed by atoms with E-state index < -0.39 is 28.7 Å². The number of likely N-dealkylation sites (tertiary alicyclic amines) is 1. The van der Waals surface area contributed by atoms with Gasteiger partial charge in [-0.2, -0.15) is 0 Å². The van der Waals surface area contributed by atoms with Crippen LogP contribution < -0.4 is 0 Å². The topological polar surface area (TPSA) is 87.2 Å². The van der Waals surface area contributed by atoms with Crippen LogP contribution in [0.25, 0.3) is 0 Å². The minimum atomic E-state index is -0.837. The second kappa shape index (κ2) is 8.77. The summed E-state index contributed by atoms with van der Waals surface area (Å²) in [5, 5.41) is 10.1. The van der Waals surface area contributed by atoms with Gasteiger partial charge < -0.3 is 19.6 Å². The van der Waals surface area contributed by atoms with Crippen molar-refractivity contribution in [1.82, 2.24) is 9.80 Å². The van der Waals surface area contributed by atoms with E-state index >= 15 is 0 Å². The fraction of sp³-hybridized carbons (Fsp3) is 0.720. The van der Waals surface area contributed by atoms with Crippen LogP contribution >= 0.6 is 11.8 Å². The molecule has 0 aromatic carbocycles. The average molecular weight is 475 g/mol. The molecule has 1 N–H and O–H groups in total. The van der Waals surface area contributed by atoms with E-state index in [0.717, 1.165) is 25.7 Å². The molecule has 1 saturated carbocycles. The van der Waals surface area contributed by atoms with Crippen molar-refractivity contribution in [3.8, 4) is 0 Å². The number of nitrogens with zero attached hydrogens (tertiary/aromatic N) is 2. The Morgan fingerprint density at radius 3 is 2.61 bits per heavy atom. The molecule has 5 rings (SSSR count). The Labute approximate surface area is 199 Å². The Morgan fingerprint density at radius 2 is 1.91 bits per heavy atom. The molecule has 0 aromatic rings. The molecule has 3 fully saturated rings. The van der Waals surface area contributed by atoms with E-state index in [-0.39, 0.29) is 48.2 Å². The number of fused-ring (bicyclic) bond motifs is 2. The Morgan fingerprint density at radius 1 is 1.15 bits per heavy atom. The summed E-state index contributed by atoms with van der Waals surface area (Å²) in [6.07, 6.45) is 13.3. The fourth-order valence-corrected chi connectivity index (χ4v) is 8.61. The van der Waals surface area contributed by atoms with Crippen molar-refractivity contribution in [2.24, 2.45) is 17.8 Å². The van der Waals surface area contributed by atoms with Gasteiger partial charge in [-0.15, -0.1) is 11.8 Å². The monoisotopic (exact) mass is 474 g/mol. The number of cyclic esters (lactones) is 1. The number of thioether (sulfide) groups is 1. The van der Waals surface area contributed by atoms with Crippen molar-refractivity contribution < 1.29 is 24.2 Å². The van der Waals surface area contributed by atoms with Crippen LogP contribution in [0.5, 0.6) is 0 Å². The predicted octanol–water partition coefficient (Wildman–Crippen LogP) is 2.14. The van der Waals surface area contributed by atoms with Crippen molar-refractivity contribution in [3.05, 3.63) is 24.3 Å². The molecule has 7 nitrogen and oxygen atoms in total. The van der Waals surface area contributed by atoms with Crippen LogP contribution in [0.3, 0.4) is 0 Å². The van der Waals surface area contributed by atoms with Gasteiger partial charge in [-0.05, 0) is 18.8 Å². The van der Waals surface area contributed by atoms with Gasteiger partial charge in [-0.1, -0.05) is 57.4 Å². The van der Waals surface area contributed by atoms with Gasteiger partial charge in [0.2, 0.25) is 11.8 Å². The number of carbonyl (C=O) groups is 3. The van der Waals surface area contributed by atoms with E-state index in [0.29, 0.717) is 6.54 Å². The van der Waals surface area contributed by atoms with Gasteiger partial charge in [0.1, 0.15) is 12.6 Å². The molecule has 2 amide bonds. The number of amides is 2. The molecular formula is C25H34N2O5S. The van der Waals surface area contributed by atoms with Gasteiger partial charge in [0.15, 0.2) is 0 Å². The summed E-state index contributed by atoms with van der Waals surface area (Å²) in [4.78, 5) is 45.0. The lowest BCUT2D eigenvalue weighted by Gasteiger charge is -2.42. The Balaban J connectivity index is 1.62. The first-order valence-corrected chi connectivity index (χ1v) is 13.2. The standard InChI is InChI=1S/C25H34N2O5S/c1-15(2)17(14-28)27-21-23(30)26(16-8-4-3-5-9-16)12-7-11-25(21)20(22(27)29)19-18(33-25)10-6-13-32-24(19)31/h6-7,10-11,15-21,28H,3-5,8-9,12-14H2,1-2H3/t17-,18-,19+,20-,21?,25-/m0/s1. The highest BCUT2D eigenvalue weighted by Gasteiger charge is 2.72. The van der Waals surface area contributed by atoms with Crippen LogP contribution in [-0.2, 0) is 19.1 Å². The minimum Gasteiger partial charge on any atom is -0.461 e. The number of aliphatic hydroxyl groups excluding tert-OH is 1. The second-order valence-corrected chi connectivity index (χ2v) is 11.8. The number of esters is 1. The Hall–Kier alpha value is -1.80. The van der Waals surface area contributed by atoms with Crippen molar-refractivity contribution in [2.75, 3.05) is 19.8 Å². The molecule has 180 valence electrons. The molecule has 0 bridgehead atoms. The molecule has 4 heterocycles. The third-order valence-corrected chi connectivity index (χ3v) is 9.96. The molecule has 8 heteroatoms. The van der Waals surface area contributed by atoms with Crippen LogP contribution in [0, 0.1) is 17.8 Å². The van der Waals surface area contributed by atoms with Gasteiger partial charge in [0.05, 0.1) is 29.2 Å². The van der Waals surface area contributed by atoms with Gasteiger partial charge in [-0.25, -0.2) is 0 Å². The summed E-state index contributed by atoms with van der Waals surface area (Å²) < 4.78 is 4.58. The van der Waals surface area contributed by atoms with Crippen molar-refractivity contribution >= 4 is 29.5 Å². The number of rotatable bonds is 4. The largest absolute Gasteiger partial charge is 0.461 e. The van der Waals surface area contributed by atoms with E-state index in [4.69, 9.17) is 4.74 Å². The van der Waals surface area contributed by atoms with Gasteiger partial charge >= 0.3 is 5.97 Å². The number of ether oxygens (including phenoxy) is 1. The third kappa shape index (κ3) is 3.47. The Kier molecular flexibility index (Phi) is 6.10. The summed E-state index contributed by atoms with van der Waals surface area (Å²) in [7, 11) is 0. The molecule has 4 aliphatic heterocycles. The lowest BCUT2D eigenvalue weighted by Crippen LogP contribution is -2.59. The maximum atomic E-state index is 14.3. The normalized spacial score (nSPS) is 37.5. The van der Waals surface area contributed by atoms with E-state index in [1.807, 2.05) is 43.1 Å². The molecule has 5 aliphatic rings. The third-order valence-electron chi connectivity index (χ3n) is 8.21. The number of hydrogen-bond donors (Lipinski definition) is 1. The van der Waals surface area contributed by atoms with E-state index in [2.05, 4.69) is 0 Å². The number of aliphatic hydroxyl groups is 1. The molecule has 1 spiro atoms. The van der Waals surface area contributed by atoms with Gasteiger partial charge in [0.25, 0.3) is 0 Å². The molecule has 2 saturated heterocycles. The summed E-state index contributed by atoms with van der Waals surface area (Å²) in [5.41, 5.74) is 0. The molecule has 33 heavy (non-hydrogen) atoms. The quantitative estimate of drug-likeness (QED) is 0.496. The van der Waals surface area contributed by atoms with Crippen molar-refractivity contribution in [3.63, 3.8) is 0 Å². The van der Waals surface area contributed by atoms with Crippen LogP contribution in [0.4, 0.5) is 0 Å². The number of carbonyl (C=O) groups excluding carboxylic acids is 3. The van der Waals surface area contributed by atoms with E-state index in [1.54, 1.807) is 16.7 Å². The lowest BCUT2D eigenvalue weighted by molar-refractivity contribution is -0.152. The molecule has 0 radical (unpaired) electrons. The first-order valence-electron chi connectivity index (χ1n) is 12.3. The van der Waals surface area contributed by atoms with Crippen molar-refractivity contribution in [1.29, 1.82) is 0 Å². The summed E-state index contributed by atoms with van der Waals surface area (Å²) >= 11 is 1.56. The van der Waals surface area contributed by atoms with E-state index in [1.165, 1.54) is 6.42 Å². The second-order valence-electron chi connectivity index (χ2n) is 10.3. The molecular weight excluding hydrogens is 440 g/mol. The maximum Gasteiger partial charge on any atom is 0.311 e.